The second-order valence-electron chi connectivity index (χ2n) is 3.66. The van der Waals surface area contributed by atoms with Crippen molar-refractivity contribution in [2.45, 2.75) is 18.2 Å². The predicted octanol–water partition coefficient (Wildman–Crippen LogP) is 2.28. The second-order valence-corrected chi connectivity index (χ2v) is 4.42. The summed E-state index contributed by atoms with van der Waals surface area (Å²) in [5.74, 6) is 0.480. The molecule has 2 heterocycles. The average molecular weight is 263 g/mol. The largest absolute Gasteiger partial charge is 0.434 e. The fourth-order valence-electron chi connectivity index (χ4n) is 1.42. The number of rotatable bonds is 4. The zero-order valence-corrected chi connectivity index (χ0v) is 10.9. The van der Waals surface area contributed by atoms with Crippen LogP contribution in [0.25, 0.3) is 0 Å². The molecule has 0 aliphatic rings. The minimum Gasteiger partial charge on any atom is -0.434 e. The van der Waals surface area contributed by atoms with Gasteiger partial charge in [0.1, 0.15) is 5.76 Å². The standard InChI is InChI=1S/C12H13N3O2S/c1-8(10-7-14-12(17-10)18-2)15-11(16)9-3-5-13-6-4-9/h3-8H,1-2H3,(H,15,16)/t8-/m0/s1. The van der Waals surface area contributed by atoms with Gasteiger partial charge in [0, 0.05) is 18.0 Å². The Morgan fingerprint density at radius 1 is 1.44 bits per heavy atom. The molecule has 5 nitrogen and oxygen atoms in total. The molecule has 0 bridgehead atoms. The molecule has 0 fully saturated rings. The zero-order chi connectivity index (χ0) is 13.0. The molecule has 2 rings (SSSR count). The molecule has 0 spiro atoms. The van der Waals surface area contributed by atoms with Crippen LogP contribution in [0, 0.1) is 0 Å². The van der Waals surface area contributed by atoms with Crippen LogP contribution in [0.3, 0.4) is 0 Å². The second kappa shape index (κ2) is 5.68. The van der Waals surface area contributed by atoms with E-state index in [1.165, 1.54) is 11.8 Å². The van der Waals surface area contributed by atoms with Crippen molar-refractivity contribution < 1.29 is 9.21 Å². The first-order valence-electron chi connectivity index (χ1n) is 5.41. The lowest BCUT2D eigenvalue weighted by Crippen LogP contribution is -2.26. The highest BCUT2D eigenvalue weighted by Crippen LogP contribution is 2.19. The van der Waals surface area contributed by atoms with Crippen molar-refractivity contribution in [2.75, 3.05) is 6.26 Å². The van der Waals surface area contributed by atoms with Crippen LogP contribution < -0.4 is 5.32 Å². The van der Waals surface area contributed by atoms with Crippen LogP contribution in [-0.4, -0.2) is 22.1 Å². The summed E-state index contributed by atoms with van der Waals surface area (Å²) in [6.45, 7) is 1.85. The van der Waals surface area contributed by atoms with Crippen molar-refractivity contribution in [3.63, 3.8) is 0 Å². The Hall–Kier alpha value is -1.82. The smallest absolute Gasteiger partial charge is 0.255 e. The molecule has 2 aromatic rings. The van der Waals surface area contributed by atoms with Crippen LogP contribution in [-0.2, 0) is 0 Å². The van der Waals surface area contributed by atoms with Crippen LogP contribution in [0.5, 0.6) is 0 Å². The number of pyridine rings is 1. The van der Waals surface area contributed by atoms with E-state index in [1.54, 1.807) is 30.7 Å². The van der Waals surface area contributed by atoms with E-state index in [2.05, 4.69) is 15.3 Å². The van der Waals surface area contributed by atoms with Gasteiger partial charge in [-0.15, -0.1) is 0 Å². The molecule has 1 N–H and O–H groups in total. The van der Waals surface area contributed by atoms with E-state index in [-0.39, 0.29) is 11.9 Å². The molecule has 2 aromatic heterocycles. The number of hydrogen-bond acceptors (Lipinski definition) is 5. The Morgan fingerprint density at radius 2 is 2.17 bits per heavy atom. The number of nitrogens with zero attached hydrogens (tertiary/aromatic N) is 2. The fraction of sp³-hybridized carbons (Fsp3) is 0.250. The Labute approximate surface area is 109 Å². The van der Waals surface area contributed by atoms with Gasteiger partial charge in [0.2, 0.25) is 0 Å². The molecule has 0 aliphatic heterocycles. The lowest BCUT2D eigenvalue weighted by Gasteiger charge is -2.10. The van der Waals surface area contributed by atoms with Crippen molar-refractivity contribution >= 4 is 17.7 Å². The summed E-state index contributed by atoms with van der Waals surface area (Å²) < 4.78 is 5.46. The van der Waals surface area contributed by atoms with E-state index in [9.17, 15) is 4.79 Å². The molecule has 18 heavy (non-hydrogen) atoms. The number of oxazole rings is 1. The molecule has 0 radical (unpaired) electrons. The molecule has 0 unspecified atom stereocenters. The molecular formula is C12H13N3O2S. The van der Waals surface area contributed by atoms with Crippen LogP contribution in [0.15, 0.2) is 40.4 Å². The van der Waals surface area contributed by atoms with E-state index in [0.717, 1.165) is 0 Å². The van der Waals surface area contributed by atoms with E-state index in [0.29, 0.717) is 16.5 Å². The summed E-state index contributed by atoms with van der Waals surface area (Å²) in [6, 6.07) is 3.10. The highest BCUT2D eigenvalue weighted by molar-refractivity contribution is 7.98. The number of carbonyl (C=O) groups excluding carboxylic acids is 1. The number of carbonyl (C=O) groups is 1. The Bertz CT molecular complexity index is 527. The molecule has 0 aliphatic carbocycles. The summed E-state index contributed by atoms with van der Waals surface area (Å²) in [7, 11) is 0. The highest BCUT2D eigenvalue weighted by atomic mass is 32.2. The summed E-state index contributed by atoms with van der Waals surface area (Å²) in [5, 5.41) is 3.43. The summed E-state index contributed by atoms with van der Waals surface area (Å²) in [6.07, 6.45) is 6.68. The lowest BCUT2D eigenvalue weighted by atomic mass is 10.2. The summed E-state index contributed by atoms with van der Waals surface area (Å²) >= 11 is 1.42. The topological polar surface area (TPSA) is 68.0 Å². The third-order valence-electron chi connectivity index (χ3n) is 2.39. The normalized spacial score (nSPS) is 12.1. The third-order valence-corrected chi connectivity index (χ3v) is 2.93. The quantitative estimate of drug-likeness (QED) is 0.857. The Kier molecular flexibility index (Phi) is 3.99. The van der Waals surface area contributed by atoms with Crippen LogP contribution >= 0.6 is 11.8 Å². The number of nitrogens with one attached hydrogen (secondary N) is 1. The molecule has 0 saturated heterocycles. The maximum Gasteiger partial charge on any atom is 0.255 e. The Balaban J connectivity index is 2.03. The van der Waals surface area contributed by atoms with E-state index >= 15 is 0 Å². The van der Waals surface area contributed by atoms with Gasteiger partial charge < -0.3 is 9.73 Å². The van der Waals surface area contributed by atoms with Gasteiger partial charge in [-0.25, -0.2) is 4.98 Å². The number of thioether (sulfide) groups is 1. The fourth-order valence-corrected chi connectivity index (χ4v) is 1.76. The van der Waals surface area contributed by atoms with Crippen molar-refractivity contribution in [2.24, 2.45) is 0 Å². The summed E-state index contributed by atoms with van der Waals surface area (Å²) in [4.78, 5) is 19.8. The van der Waals surface area contributed by atoms with Crippen LogP contribution in [0.4, 0.5) is 0 Å². The monoisotopic (exact) mass is 263 g/mol. The summed E-state index contributed by atoms with van der Waals surface area (Å²) in [5.41, 5.74) is 0.571. The van der Waals surface area contributed by atoms with Crippen molar-refractivity contribution in [1.29, 1.82) is 0 Å². The van der Waals surface area contributed by atoms with E-state index in [4.69, 9.17) is 4.42 Å². The minimum absolute atomic E-state index is 0.160. The Morgan fingerprint density at radius 3 is 2.78 bits per heavy atom. The number of aromatic nitrogens is 2. The minimum atomic E-state index is -0.223. The van der Waals surface area contributed by atoms with Crippen LogP contribution in [0.2, 0.25) is 0 Å². The van der Waals surface area contributed by atoms with Gasteiger partial charge in [0.15, 0.2) is 0 Å². The maximum atomic E-state index is 11.9. The first-order valence-corrected chi connectivity index (χ1v) is 6.64. The van der Waals surface area contributed by atoms with E-state index < -0.39 is 0 Å². The van der Waals surface area contributed by atoms with Gasteiger partial charge in [-0.1, -0.05) is 11.8 Å². The highest BCUT2D eigenvalue weighted by Gasteiger charge is 2.15. The SMILES string of the molecule is CSc1ncc([C@H](C)NC(=O)c2ccncc2)o1. The number of amides is 1. The third kappa shape index (κ3) is 2.89. The molecule has 0 aromatic carbocycles. The van der Waals surface area contributed by atoms with Gasteiger partial charge in [-0.05, 0) is 25.3 Å². The zero-order valence-electron chi connectivity index (χ0n) is 10.1. The van der Waals surface area contributed by atoms with Crippen molar-refractivity contribution in [3.05, 3.63) is 42.0 Å². The van der Waals surface area contributed by atoms with Gasteiger partial charge >= 0.3 is 0 Å². The van der Waals surface area contributed by atoms with Gasteiger partial charge in [0.25, 0.3) is 11.1 Å². The maximum absolute atomic E-state index is 11.9. The molecule has 94 valence electrons. The van der Waals surface area contributed by atoms with Crippen molar-refractivity contribution in [1.82, 2.24) is 15.3 Å². The predicted molar refractivity (Wildman–Crippen MR) is 68.4 cm³/mol. The molecule has 0 saturated carbocycles. The van der Waals surface area contributed by atoms with E-state index in [1.807, 2.05) is 13.2 Å². The van der Waals surface area contributed by atoms with Gasteiger partial charge in [-0.2, -0.15) is 0 Å². The molecule has 1 amide bonds. The molecular weight excluding hydrogens is 250 g/mol. The first kappa shape index (κ1) is 12.6. The lowest BCUT2D eigenvalue weighted by molar-refractivity contribution is 0.0934. The van der Waals surface area contributed by atoms with Crippen molar-refractivity contribution in [3.8, 4) is 0 Å². The average Bonchev–Trinajstić information content (AvgIpc) is 2.88. The van der Waals surface area contributed by atoms with Crippen LogP contribution in [0.1, 0.15) is 29.1 Å². The number of hydrogen-bond donors (Lipinski definition) is 1. The first-order chi connectivity index (χ1) is 8.70. The van der Waals surface area contributed by atoms with Gasteiger partial charge in [0.05, 0.1) is 12.2 Å². The van der Waals surface area contributed by atoms with Gasteiger partial charge in [-0.3, -0.25) is 9.78 Å². The molecule has 6 heteroatoms. The molecule has 1 atom stereocenters.